The van der Waals surface area contributed by atoms with Gasteiger partial charge in [-0.25, -0.2) is 0 Å². The first kappa shape index (κ1) is 8.90. The summed E-state index contributed by atoms with van der Waals surface area (Å²) < 4.78 is 1.83. The fourth-order valence-electron chi connectivity index (χ4n) is 1.61. The van der Waals surface area contributed by atoms with Crippen molar-refractivity contribution in [1.29, 1.82) is 0 Å². The molecule has 0 radical (unpaired) electrons. The van der Waals surface area contributed by atoms with Gasteiger partial charge in [-0.05, 0) is 12.2 Å². The normalized spacial score (nSPS) is 15.8. The van der Waals surface area contributed by atoms with E-state index < -0.39 is 0 Å². The van der Waals surface area contributed by atoms with Crippen molar-refractivity contribution in [2.75, 3.05) is 18.1 Å². The first-order chi connectivity index (χ1) is 6.33. The molecule has 1 aliphatic rings. The summed E-state index contributed by atoms with van der Waals surface area (Å²) in [6.45, 7) is 0.679. The number of aliphatic hydroxyl groups excluding tert-OH is 1. The van der Waals surface area contributed by atoms with Crippen LogP contribution in [0.4, 0.5) is 5.82 Å². The van der Waals surface area contributed by atoms with Crippen LogP contribution in [-0.4, -0.2) is 27.2 Å². The van der Waals surface area contributed by atoms with E-state index >= 15 is 0 Å². The molecule has 0 saturated carbocycles. The van der Waals surface area contributed by atoms with Crippen molar-refractivity contribution < 1.29 is 5.11 Å². The molecule has 0 spiro atoms. The van der Waals surface area contributed by atoms with E-state index in [9.17, 15) is 0 Å². The second kappa shape index (κ2) is 3.59. The lowest BCUT2D eigenvalue weighted by molar-refractivity contribution is 0.268. The molecule has 4 nitrogen and oxygen atoms in total. The zero-order chi connectivity index (χ0) is 9.26. The van der Waals surface area contributed by atoms with Gasteiger partial charge in [-0.2, -0.15) is 16.9 Å². The van der Waals surface area contributed by atoms with E-state index in [0.717, 1.165) is 17.9 Å². The second-order valence-corrected chi connectivity index (χ2v) is 4.16. The average Bonchev–Trinajstić information content (AvgIpc) is 2.46. The van der Waals surface area contributed by atoms with Crippen LogP contribution in [0.1, 0.15) is 11.3 Å². The van der Waals surface area contributed by atoms with Crippen molar-refractivity contribution >= 4 is 17.6 Å². The number of nitrogen functional groups attached to an aromatic ring is 1. The van der Waals surface area contributed by atoms with Crippen LogP contribution in [0.3, 0.4) is 0 Å². The Morgan fingerprint density at radius 2 is 2.46 bits per heavy atom. The smallest absolute Gasteiger partial charge is 0.148 e. The summed E-state index contributed by atoms with van der Waals surface area (Å²) in [5.74, 6) is 2.74. The van der Waals surface area contributed by atoms with Crippen LogP contribution in [0.25, 0.3) is 0 Å². The number of thioether (sulfide) groups is 1. The van der Waals surface area contributed by atoms with Gasteiger partial charge in [-0.1, -0.05) is 0 Å². The summed E-state index contributed by atoms with van der Waals surface area (Å²) >= 11 is 1.89. The summed E-state index contributed by atoms with van der Waals surface area (Å²) in [6, 6.07) is 0. The van der Waals surface area contributed by atoms with Crippen LogP contribution in [0, 0.1) is 0 Å². The van der Waals surface area contributed by atoms with Gasteiger partial charge in [0.05, 0.1) is 18.8 Å². The summed E-state index contributed by atoms with van der Waals surface area (Å²) in [6.07, 6.45) is 1.01. The van der Waals surface area contributed by atoms with Gasteiger partial charge in [0.2, 0.25) is 0 Å². The first-order valence-electron chi connectivity index (χ1n) is 4.35. The highest BCUT2D eigenvalue weighted by molar-refractivity contribution is 7.98. The van der Waals surface area contributed by atoms with Crippen molar-refractivity contribution in [1.82, 2.24) is 9.78 Å². The van der Waals surface area contributed by atoms with Crippen LogP contribution < -0.4 is 5.73 Å². The maximum Gasteiger partial charge on any atom is 0.148 e. The fraction of sp³-hybridized carbons (Fsp3) is 0.625. The zero-order valence-electron chi connectivity index (χ0n) is 7.36. The van der Waals surface area contributed by atoms with Gasteiger partial charge < -0.3 is 10.8 Å². The Balaban J connectivity index is 2.36. The van der Waals surface area contributed by atoms with Gasteiger partial charge >= 0.3 is 0 Å². The zero-order valence-corrected chi connectivity index (χ0v) is 8.18. The maximum absolute atomic E-state index is 8.82. The van der Waals surface area contributed by atoms with Crippen molar-refractivity contribution in [2.45, 2.75) is 18.7 Å². The first-order valence-corrected chi connectivity index (χ1v) is 5.51. The number of anilines is 1. The Bertz CT molecular complexity index is 311. The standard InChI is InChI=1S/C8H13N3OS/c9-8-6-1-4-13-5-7(6)11(10-8)2-3-12/h12H,1-5H2,(H2,9,10). The summed E-state index contributed by atoms with van der Waals surface area (Å²) in [4.78, 5) is 0. The molecule has 0 aliphatic carbocycles. The number of aliphatic hydroxyl groups is 1. The van der Waals surface area contributed by atoms with Crippen molar-refractivity contribution in [3.63, 3.8) is 0 Å². The summed E-state index contributed by atoms with van der Waals surface area (Å²) in [7, 11) is 0. The molecular weight excluding hydrogens is 186 g/mol. The monoisotopic (exact) mass is 199 g/mol. The summed E-state index contributed by atoms with van der Waals surface area (Å²) in [5, 5.41) is 13.0. The molecule has 0 amide bonds. The van der Waals surface area contributed by atoms with Crippen LogP contribution in [0.2, 0.25) is 0 Å². The minimum absolute atomic E-state index is 0.123. The van der Waals surface area contributed by atoms with E-state index in [1.54, 1.807) is 0 Å². The van der Waals surface area contributed by atoms with E-state index in [-0.39, 0.29) is 6.61 Å². The Kier molecular flexibility index (Phi) is 2.46. The van der Waals surface area contributed by atoms with Gasteiger partial charge in [0, 0.05) is 11.3 Å². The molecule has 0 aromatic carbocycles. The van der Waals surface area contributed by atoms with Gasteiger partial charge in [-0.15, -0.1) is 0 Å². The largest absolute Gasteiger partial charge is 0.394 e. The molecule has 1 aliphatic heterocycles. The van der Waals surface area contributed by atoms with Gasteiger partial charge in [-0.3, -0.25) is 4.68 Å². The fourth-order valence-corrected chi connectivity index (χ4v) is 2.62. The second-order valence-electron chi connectivity index (χ2n) is 3.06. The number of rotatable bonds is 2. The van der Waals surface area contributed by atoms with Gasteiger partial charge in [0.1, 0.15) is 5.82 Å². The third-order valence-electron chi connectivity index (χ3n) is 2.24. The van der Waals surface area contributed by atoms with Crippen LogP contribution in [-0.2, 0) is 18.7 Å². The molecular formula is C8H13N3OS. The van der Waals surface area contributed by atoms with E-state index in [2.05, 4.69) is 5.10 Å². The number of aromatic nitrogens is 2. The Morgan fingerprint density at radius 3 is 3.23 bits per heavy atom. The van der Waals surface area contributed by atoms with E-state index in [1.165, 1.54) is 11.3 Å². The molecule has 0 fully saturated rings. The minimum atomic E-state index is 0.123. The SMILES string of the molecule is Nc1nn(CCO)c2c1CCSC2. The number of hydrogen-bond donors (Lipinski definition) is 2. The number of hydrogen-bond acceptors (Lipinski definition) is 4. The van der Waals surface area contributed by atoms with Crippen molar-refractivity contribution in [3.05, 3.63) is 11.3 Å². The van der Waals surface area contributed by atoms with E-state index in [1.807, 2.05) is 16.4 Å². The van der Waals surface area contributed by atoms with Crippen LogP contribution in [0.5, 0.6) is 0 Å². The molecule has 13 heavy (non-hydrogen) atoms. The van der Waals surface area contributed by atoms with Gasteiger partial charge in [0.15, 0.2) is 0 Å². The molecule has 2 heterocycles. The quantitative estimate of drug-likeness (QED) is 0.716. The van der Waals surface area contributed by atoms with Crippen molar-refractivity contribution in [3.8, 4) is 0 Å². The van der Waals surface area contributed by atoms with E-state index in [4.69, 9.17) is 10.8 Å². The topological polar surface area (TPSA) is 64.1 Å². The van der Waals surface area contributed by atoms with Gasteiger partial charge in [0.25, 0.3) is 0 Å². The van der Waals surface area contributed by atoms with Crippen LogP contribution >= 0.6 is 11.8 Å². The predicted molar refractivity (Wildman–Crippen MR) is 53.6 cm³/mol. The molecule has 0 unspecified atom stereocenters. The van der Waals surface area contributed by atoms with Crippen LogP contribution in [0.15, 0.2) is 0 Å². The Morgan fingerprint density at radius 1 is 1.62 bits per heavy atom. The lowest BCUT2D eigenvalue weighted by Gasteiger charge is -2.12. The molecule has 0 saturated heterocycles. The molecule has 1 aromatic rings. The molecule has 5 heteroatoms. The lowest BCUT2D eigenvalue weighted by atomic mass is 10.2. The molecule has 3 N–H and O–H groups in total. The third-order valence-corrected chi connectivity index (χ3v) is 3.21. The number of nitrogens with two attached hydrogens (primary N) is 1. The Hall–Kier alpha value is -0.680. The lowest BCUT2D eigenvalue weighted by Crippen LogP contribution is -2.10. The third kappa shape index (κ3) is 1.53. The minimum Gasteiger partial charge on any atom is -0.394 e. The number of nitrogens with zero attached hydrogens (tertiary/aromatic N) is 2. The average molecular weight is 199 g/mol. The molecule has 0 bridgehead atoms. The molecule has 72 valence electrons. The maximum atomic E-state index is 8.82. The molecule has 1 aromatic heterocycles. The Labute approximate surface area is 81.1 Å². The summed E-state index contributed by atoms with van der Waals surface area (Å²) in [5.41, 5.74) is 8.15. The highest BCUT2D eigenvalue weighted by atomic mass is 32.2. The number of fused-ring (bicyclic) bond motifs is 1. The van der Waals surface area contributed by atoms with Crippen molar-refractivity contribution in [2.24, 2.45) is 0 Å². The highest BCUT2D eigenvalue weighted by Crippen LogP contribution is 2.28. The van der Waals surface area contributed by atoms with E-state index in [0.29, 0.717) is 12.4 Å². The molecule has 2 rings (SSSR count). The molecule has 0 atom stereocenters. The highest BCUT2D eigenvalue weighted by Gasteiger charge is 2.18. The predicted octanol–water partition coefficient (Wildman–Crippen LogP) is 0.247.